The molecule has 0 aliphatic carbocycles. The van der Waals surface area contributed by atoms with E-state index in [1.807, 2.05) is 0 Å². The van der Waals surface area contributed by atoms with Gasteiger partial charge in [-0.05, 0) is 44.8 Å². The summed E-state index contributed by atoms with van der Waals surface area (Å²) in [7, 11) is 0. The lowest BCUT2D eigenvalue weighted by Crippen LogP contribution is -2.33. The highest BCUT2D eigenvalue weighted by molar-refractivity contribution is 4.68. The van der Waals surface area contributed by atoms with Crippen molar-refractivity contribution in [2.24, 2.45) is 5.92 Å². The Morgan fingerprint density at radius 1 is 1.17 bits per heavy atom. The first-order valence-electron chi connectivity index (χ1n) is 5.55. The lowest BCUT2D eigenvalue weighted by Gasteiger charge is -2.30. The quantitative estimate of drug-likeness (QED) is 0.585. The summed E-state index contributed by atoms with van der Waals surface area (Å²) in [5, 5.41) is 0. The molecule has 1 rings (SSSR count). The molecule has 1 saturated heterocycles. The predicted octanol–water partition coefficient (Wildman–Crippen LogP) is 2.91. The summed E-state index contributed by atoms with van der Waals surface area (Å²) in [6, 6.07) is 0. The monoisotopic (exact) mass is 169 g/mol. The summed E-state index contributed by atoms with van der Waals surface area (Å²) in [5.41, 5.74) is 0. The lowest BCUT2D eigenvalue weighted by molar-refractivity contribution is 0.189. The number of likely N-dealkylation sites (tertiary alicyclic amines) is 1. The van der Waals surface area contributed by atoms with Gasteiger partial charge in [-0.15, -0.1) is 0 Å². The molecule has 1 heterocycles. The summed E-state index contributed by atoms with van der Waals surface area (Å²) in [4.78, 5) is 2.63. The zero-order valence-corrected chi connectivity index (χ0v) is 8.68. The van der Waals surface area contributed by atoms with Gasteiger partial charge in [0.15, 0.2) is 0 Å². The molecule has 1 aliphatic heterocycles. The fourth-order valence-electron chi connectivity index (χ4n) is 1.87. The number of nitrogens with zero attached hydrogens (tertiary/aromatic N) is 1. The van der Waals surface area contributed by atoms with E-state index in [4.69, 9.17) is 0 Å². The molecule has 0 aromatic heterocycles. The van der Waals surface area contributed by atoms with Gasteiger partial charge in [-0.3, -0.25) is 0 Å². The van der Waals surface area contributed by atoms with Gasteiger partial charge in [0.2, 0.25) is 0 Å². The van der Waals surface area contributed by atoms with Crippen molar-refractivity contribution in [1.29, 1.82) is 0 Å². The second kappa shape index (κ2) is 5.58. The summed E-state index contributed by atoms with van der Waals surface area (Å²) < 4.78 is 0. The minimum absolute atomic E-state index is 0.979. The van der Waals surface area contributed by atoms with Gasteiger partial charge in [0, 0.05) is 0 Å². The highest BCUT2D eigenvalue weighted by Gasteiger charge is 2.14. The summed E-state index contributed by atoms with van der Waals surface area (Å²) in [5.74, 6) is 0.979. The van der Waals surface area contributed by atoms with Crippen LogP contribution in [0.1, 0.15) is 46.0 Å². The van der Waals surface area contributed by atoms with E-state index in [9.17, 15) is 0 Å². The average molecular weight is 169 g/mol. The van der Waals surface area contributed by atoms with Crippen LogP contribution in [0.3, 0.4) is 0 Å². The Hall–Kier alpha value is -0.0400. The van der Waals surface area contributed by atoms with E-state index < -0.39 is 0 Å². The van der Waals surface area contributed by atoms with E-state index in [0.717, 1.165) is 5.92 Å². The molecule has 0 atom stereocenters. The van der Waals surface area contributed by atoms with Crippen molar-refractivity contribution in [3.05, 3.63) is 0 Å². The molecular formula is C11H23N. The van der Waals surface area contributed by atoms with Crippen LogP contribution in [0.25, 0.3) is 0 Å². The maximum atomic E-state index is 2.63. The molecule has 0 unspecified atom stereocenters. The maximum absolute atomic E-state index is 2.63. The zero-order valence-electron chi connectivity index (χ0n) is 8.68. The van der Waals surface area contributed by atoms with Gasteiger partial charge in [0.25, 0.3) is 0 Å². The van der Waals surface area contributed by atoms with E-state index in [1.54, 1.807) is 0 Å². The lowest BCUT2D eigenvalue weighted by atomic mass is 9.99. The van der Waals surface area contributed by atoms with Gasteiger partial charge in [0.05, 0.1) is 0 Å². The second-order valence-corrected chi connectivity index (χ2v) is 4.23. The third kappa shape index (κ3) is 3.57. The molecule has 1 heteroatoms. The van der Waals surface area contributed by atoms with Crippen molar-refractivity contribution in [3.8, 4) is 0 Å². The number of hydrogen-bond donors (Lipinski definition) is 0. The molecule has 0 aromatic rings. The van der Waals surface area contributed by atoms with Crippen LogP contribution in [0.5, 0.6) is 0 Å². The Balaban J connectivity index is 2.01. The first kappa shape index (κ1) is 10.0. The molecule has 0 N–H and O–H groups in total. The molecule has 0 spiro atoms. The van der Waals surface area contributed by atoms with Crippen LogP contribution >= 0.6 is 0 Å². The minimum Gasteiger partial charge on any atom is -0.303 e. The van der Waals surface area contributed by atoms with Crippen LogP contribution in [0.4, 0.5) is 0 Å². The molecule has 1 nitrogen and oxygen atoms in total. The van der Waals surface area contributed by atoms with E-state index in [0.29, 0.717) is 0 Å². The minimum atomic E-state index is 0.979. The third-order valence-corrected chi connectivity index (χ3v) is 2.95. The second-order valence-electron chi connectivity index (χ2n) is 4.23. The molecule has 0 radical (unpaired) electrons. The Morgan fingerprint density at radius 2 is 1.83 bits per heavy atom. The van der Waals surface area contributed by atoms with Gasteiger partial charge in [-0.2, -0.15) is 0 Å². The van der Waals surface area contributed by atoms with Crippen LogP contribution in [-0.4, -0.2) is 24.5 Å². The third-order valence-electron chi connectivity index (χ3n) is 2.95. The number of unbranched alkanes of at least 4 members (excludes halogenated alkanes) is 2. The first-order chi connectivity index (χ1) is 5.83. The SMILES string of the molecule is CCCCCN1CCC(C)CC1. The normalized spacial score (nSPS) is 21.5. The molecule has 0 saturated carbocycles. The Morgan fingerprint density at radius 3 is 2.42 bits per heavy atom. The summed E-state index contributed by atoms with van der Waals surface area (Å²) in [6.07, 6.45) is 7.01. The number of hydrogen-bond acceptors (Lipinski definition) is 1. The highest BCUT2D eigenvalue weighted by atomic mass is 15.1. The molecule has 0 aromatic carbocycles. The van der Waals surface area contributed by atoms with Crippen molar-refractivity contribution in [1.82, 2.24) is 4.90 Å². The van der Waals surface area contributed by atoms with Crippen LogP contribution < -0.4 is 0 Å². The van der Waals surface area contributed by atoms with E-state index in [-0.39, 0.29) is 0 Å². The van der Waals surface area contributed by atoms with Gasteiger partial charge >= 0.3 is 0 Å². The molecule has 0 amide bonds. The Labute approximate surface area is 77.1 Å². The Bertz CT molecular complexity index is 104. The van der Waals surface area contributed by atoms with E-state index in [2.05, 4.69) is 18.7 Å². The van der Waals surface area contributed by atoms with Crippen LogP contribution in [0, 0.1) is 5.92 Å². The molecule has 0 bridgehead atoms. The van der Waals surface area contributed by atoms with Gasteiger partial charge in [0.1, 0.15) is 0 Å². The highest BCUT2D eigenvalue weighted by Crippen LogP contribution is 2.16. The van der Waals surface area contributed by atoms with Crippen molar-refractivity contribution in [2.75, 3.05) is 19.6 Å². The maximum Gasteiger partial charge on any atom is -0.00162 e. The van der Waals surface area contributed by atoms with E-state index in [1.165, 1.54) is 51.7 Å². The topological polar surface area (TPSA) is 3.24 Å². The predicted molar refractivity (Wildman–Crippen MR) is 54.4 cm³/mol. The first-order valence-corrected chi connectivity index (χ1v) is 5.55. The standard InChI is InChI=1S/C11H23N/c1-3-4-5-8-12-9-6-11(2)7-10-12/h11H,3-10H2,1-2H3. The molecule has 12 heavy (non-hydrogen) atoms. The van der Waals surface area contributed by atoms with Crippen molar-refractivity contribution in [3.63, 3.8) is 0 Å². The van der Waals surface area contributed by atoms with Gasteiger partial charge in [-0.1, -0.05) is 26.7 Å². The number of rotatable bonds is 4. The fourth-order valence-corrected chi connectivity index (χ4v) is 1.87. The Kier molecular flexibility index (Phi) is 4.67. The van der Waals surface area contributed by atoms with Gasteiger partial charge < -0.3 is 4.90 Å². The molecule has 1 aliphatic rings. The molecule has 72 valence electrons. The molecular weight excluding hydrogens is 146 g/mol. The summed E-state index contributed by atoms with van der Waals surface area (Å²) >= 11 is 0. The fraction of sp³-hybridized carbons (Fsp3) is 1.00. The molecule has 1 fully saturated rings. The van der Waals surface area contributed by atoms with Crippen molar-refractivity contribution < 1.29 is 0 Å². The smallest absolute Gasteiger partial charge is 0.00162 e. The van der Waals surface area contributed by atoms with Crippen molar-refractivity contribution in [2.45, 2.75) is 46.0 Å². The zero-order chi connectivity index (χ0) is 8.81. The van der Waals surface area contributed by atoms with Crippen LogP contribution in [0.2, 0.25) is 0 Å². The van der Waals surface area contributed by atoms with E-state index >= 15 is 0 Å². The van der Waals surface area contributed by atoms with Gasteiger partial charge in [-0.25, -0.2) is 0 Å². The number of piperidine rings is 1. The summed E-state index contributed by atoms with van der Waals surface area (Å²) in [6.45, 7) is 8.71. The van der Waals surface area contributed by atoms with Crippen LogP contribution in [-0.2, 0) is 0 Å². The average Bonchev–Trinajstić information content (AvgIpc) is 2.09. The van der Waals surface area contributed by atoms with Crippen LogP contribution in [0.15, 0.2) is 0 Å². The van der Waals surface area contributed by atoms with Crippen molar-refractivity contribution >= 4 is 0 Å². The largest absolute Gasteiger partial charge is 0.303 e.